The van der Waals surface area contributed by atoms with E-state index in [0.717, 1.165) is 27.3 Å². The highest BCUT2D eigenvalue weighted by atomic mass is 32.1. The molecule has 2 aliphatic rings. The number of rotatable bonds is 8. The molecule has 5 rings (SSSR count). The third-order valence-corrected chi connectivity index (χ3v) is 9.91. The fourth-order valence-electron chi connectivity index (χ4n) is 5.48. The fourth-order valence-corrected chi connectivity index (χ4v) is 8.08. The standard InChI is InChI=1S/C24H27N9O3S2/c1-12(28-11-18(34)33-6-2-3-15(33)10-25)9-24(23-29-31-32-30-23)19-13(7-16(37-19)21(26)35)4-5-14-8-17(22(27)36)38-20(14)24/h7-8,12,15,28H,2-6,9,11H2,1H3,(H2,26,35)(H2,27,36)(H,29,30,31,32)/t12-,15?/m0/s1. The largest absolute Gasteiger partial charge is 0.365 e. The number of aryl methyl sites for hydroxylation is 2. The molecular formula is C24H27N9O3S2. The zero-order valence-electron chi connectivity index (χ0n) is 20.7. The van der Waals surface area contributed by atoms with Crippen LogP contribution in [0.25, 0.3) is 0 Å². The van der Waals surface area contributed by atoms with Crippen molar-refractivity contribution in [1.29, 1.82) is 5.26 Å². The van der Waals surface area contributed by atoms with Gasteiger partial charge in [0.2, 0.25) is 5.91 Å². The minimum atomic E-state index is -0.969. The van der Waals surface area contributed by atoms with Gasteiger partial charge in [0.1, 0.15) is 11.5 Å². The lowest BCUT2D eigenvalue weighted by Crippen LogP contribution is -2.45. The van der Waals surface area contributed by atoms with Crippen molar-refractivity contribution in [1.82, 2.24) is 30.8 Å². The van der Waals surface area contributed by atoms with Crippen LogP contribution in [0.4, 0.5) is 0 Å². The first-order chi connectivity index (χ1) is 18.2. The number of hydrogen-bond acceptors (Lipinski definition) is 10. The van der Waals surface area contributed by atoms with E-state index in [-0.39, 0.29) is 18.5 Å². The molecule has 0 saturated carbocycles. The van der Waals surface area contributed by atoms with Crippen LogP contribution >= 0.6 is 22.7 Å². The van der Waals surface area contributed by atoms with Crippen molar-refractivity contribution in [3.63, 3.8) is 0 Å². The number of nitrogens with one attached hydrogen (secondary N) is 2. The molecule has 1 aliphatic carbocycles. The van der Waals surface area contributed by atoms with E-state index in [1.807, 2.05) is 19.1 Å². The minimum absolute atomic E-state index is 0.0648. The van der Waals surface area contributed by atoms with Crippen LogP contribution in [-0.4, -0.2) is 68.4 Å². The number of aromatic nitrogens is 4. The summed E-state index contributed by atoms with van der Waals surface area (Å²) >= 11 is 2.58. The smallest absolute Gasteiger partial charge is 0.258 e. The normalized spacial score (nSPS) is 18.7. The van der Waals surface area contributed by atoms with Crippen LogP contribution in [-0.2, 0) is 23.1 Å². The van der Waals surface area contributed by atoms with Gasteiger partial charge in [-0.1, -0.05) is 5.21 Å². The number of aromatic amines is 1. The van der Waals surface area contributed by atoms with Gasteiger partial charge in [0.05, 0.1) is 22.4 Å². The van der Waals surface area contributed by atoms with E-state index < -0.39 is 23.3 Å². The molecule has 14 heteroatoms. The second-order valence-electron chi connectivity index (χ2n) is 9.66. The molecule has 38 heavy (non-hydrogen) atoms. The van der Waals surface area contributed by atoms with Gasteiger partial charge >= 0.3 is 0 Å². The zero-order chi connectivity index (χ0) is 27.0. The predicted molar refractivity (Wildman–Crippen MR) is 140 cm³/mol. The van der Waals surface area contributed by atoms with Gasteiger partial charge in [-0.15, -0.1) is 32.9 Å². The average molecular weight is 554 g/mol. The molecule has 3 aromatic heterocycles. The molecule has 4 heterocycles. The number of tetrazole rings is 1. The van der Waals surface area contributed by atoms with Gasteiger partial charge in [0.15, 0.2) is 5.82 Å². The maximum atomic E-state index is 12.9. The van der Waals surface area contributed by atoms with E-state index in [9.17, 15) is 19.6 Å². The lowest BCUT2D eigenvalue weighted by molar-refractivity contribution is -0.130. The Kier molecular flexibility index (Phi) is 6.99. The topological polar surface area (TPSA) is 197 Å². The summed E-state index contributed by atoms with van der Waals surface area (Å²) in [6.07, 6.45) is 3.16. The molecule has 1 saturated heterocycles. The van der Waals surface area contributed by atoms with E-state index in [1.54, 1.807) is 4.90 Å². The van der Waals surface area contributed by atoms with E-state index in [2.05, 4.69) is 32.0 Å². The van der Waals surface area contributed by atoms with Crippen molar-refractivity contribution < 1.29 is 14.4 Å². The fraction of sp³-hybridized carbons (Fsp3) is 0.458. The first-order valence-electron chi connectivity index (χ1n) is 12.3. The van der Waals surface area contributed by atoms with Crippen LogP contribution in [0.1, 0.15) is 72.2 Å². The number of likely N-dealkylation sites (tertiary alicyclic amines) is 1. The number of nitrogens with zero attached hydrogens (tertiary/aromatic N) is 5. The molecule has 12 nitrogen and oxygen atoms in total. The SMILES string of the molecule is C[C@@H](CC1(c2nn[nH]n2)c2sc(C(N)=O)cc2CCc2cc(C(N)=O)sc21)NCC(=O)N1CCCC1C#N. The lowest BCUT2D eigenvalue weighted by Gasteiger charge is -2.33. The Balaban J connectivity index is 1.56. The van der Waals surface area contributed by atoms with Crippen molar-refractivity contribution >= 4 is 40.4 Å². The number of H-pyrrole nitrogens is 1. The van der Waals surface area contributed by atoms with Crippen molar-refractivity contribution in [3.8, 4) is 6.07 Å². The Morgan fingerprint density at radius 2 is 1.84 bits per heavy atom. The van der Waals surface area contributed by atoms with Gasteiger partial charge in [-0.2, -0.15) is 10.5 Å². The van der Waals surface area contributed by atoms with Crippen LogP contribution in [0.5, 0.6) is 0 Å². The summed E-state index contributed by atoms with van der Waals surface area (Å²) in [5.74, 6) is -0.787. The zero-order valence-corrected chi connectivity index (χ0v) is 22.3. The van der Waals surface area contributed by atoms with Crippen LogP contribution in [0.3, 0.4) is 0 Å². The van der Waals surface area contributed by atoms with Crippen LogP contribution < -0.4 is 16.8 Å². The second-order valence-corrected chi connectivity index (χ2v) is 11.8. The van der Waals surface area contributed by atoms with Gasteiger partial charge in [-0.05, 0) is 62.3 Å². The van der Waals surface area contributed by atoms with Crippen molar-refractivity contribution in [2.45, 2.75) is 56.5 Å². The molecule has 198 valence electrons. The highest BCUT2D eigenvalue weighted by Crippen LogP contribution is 2.52. The number of amides is 3. The van der Waals surface area contributed by atoms with Crippen LogP contribution in [0.15, 0.2) is 12.1 Å². The van der Waals surface area contributed by atoms with Crippen molar-refractivity contribution in [3.05, 3.63) is 48.6 Å². The quantitative estimate of drug-likeness (QED) is 0.314. The summed E-state index contributed by atoms with van der Waals surface area (Å²) < 4.78 is 0. The lowest BCUT2D eigenvalue weighted by atomic mass is 9.76. The van der Waals surface area contributed by atoms with Gasteiger partial charge in [0.25, 0.3) is 11.8 Å². The molecule has 1 unspecified atom stereocenters. The molecule has 1 fully saturated rings. The average Bonchev–Trinajstić information content (AvgIpc) is 3.70. The summed E-state index contributed by atoms with van der Waals surface area (Å²) in [6, 6.07) is 5.21. The summed E-state index contributed by atoms with van der Waals surface area (Å²) in [5.41, 5.74) is 12.3. The highest BCUT2D eigenvalue weighted by Gasteiger charge is 2.48. The van der Waals surface area contributed by atoms with Crippen LogP contribution in [0.2, 0.25) is 0 Å². The number of fused-ring (bicyclic) bond motifs is 2. The highest BCUT2D eigenvalue weighted by molar-refractivity contribution is 7.16. The van der Waals surface area contributed by atoms with Gasteiger partial charge in [-0.25, -0.2) is 0 Å². The molecule has 3 aromatic rings. The van der Waals surface area contributed by atoms with Crippen molar-refractivity contribution in [2.24, 2.45) is 11.5 Å². The molecular weight excluding hydrogens is 526 g/mol. The summed E-state index contributed by atoms with van der Waals surface area (Å²) in [4.78, 5) is 41.4. The monoisotopic (exact) mass is 553 g/mol. The first-order valence-corrected chi connectivity index (χ1v) is 13.9. The predicted octanol–water partition coefficient (Wildman–Crippen LogP) is 0.836. The van der Waals surface area contributed by atoms with Gasteiger partial charge < -0.3 is 21.7 Å². The number of primary amides is 2. The number of nitrogens with two attached hydrogens (primary N) is 2. The number of carbonyl (C=O) groups excluding carboxylic acids is 3. The van der Waals surface area contributed by atoms with Crippen LogP contribution in [0, 0.1) is 11.3 Å². The molecule has 2 atom stereocenters. The Morgan fingerprint density at radius 1 is 1.21 bits per heavy atom. The molecule has 6 N–H and O–H groups in total. The van der Waals surface area contributed by atoms with Crippen molar-refractivity contribution in [2.75, 3.05) is 13.1 Å². The second kappa shape index (κ2) is 10.2. The third kappa shape index (κ3) is 4.46. The van der Waals surface area contributed by atoms with E-state index in [1.165, 1.54) is 22.7 Å². The minimum Gasteiger partial charge on any atom is -0.365 e. The number of thiophene rings is 2. The number of carbonyl (C=O) groups is 3. The van der Waals surface area contributed by atoms with Gasteiger partial charge in [0, 0.05) is 22.3 Å². The maximum absolute atomic E-state index is 12.9. The number of hydrogen-bond donors (Lipinski definition) is 4. The Hall–Kier alpha value is -3.67. The van der Waals surface area contributed by atoms with Gasteiger partial charge in [-0.3, -0.25) is 14.4 Å². The molecule has 0 aromatic carbocycles. The molecule has 1 aliphatic heterocycles. The molecule has 3 amide bonds. The Morgan fingerprint density at radius 3 is 2.37 bits per heavy atom. The maximum Gasteiger partial charge on any atom is 0.258 e. The summed E-state index contributed by atoms with van der Waals surface area (Å²) in [6.45, 7) is 2.59. The number of nitriles is 1. The Labute approximate surface area is 226 Å². The molecule has 0 spiro atoms. The third-order valence-electron chi connectivity index (χ3n) is 7.21. The van der Waals surface area contributed by atoms with E-state index in [4.69, 9.17) is 11.5 Å². The van der Waals surface area contributed by atoms with E-state index in [0.29, 0.717) is 47.8 Å². The summed E-state index contributed by atoms with van der Waals surface area (Å²) in [7, 11) is 0. The molecule has 0 bridgehead atoms. The van der Waals surface area contributed by atoms with E-state index >= 15 is 0 Å². The summed E-state index contributed by atoms with van der Waals surface area (Å²) in [5, 5.41) is 27.8. The molecule has 0 radical (unpaired) electrons. The first kappa shape index (κ1) is 26.0. The Bertz CT molecular complexity index is 1360.